The lowest BCUT2D eigenvalue weighted by atomic mass is 10.2. The van der Waals surface area contributed by atoms with Crippen molar-refractivity contribution in [2.75, 3.05) is 5.73 Å². The molecule has 5 nitrogen and oxygen atoms in total. The summed E-state index contributed by atoms with van der Waals surface area (Å²) >= 11 is 0. The van der Waals surface area contributed by atoms with Crippen LogP contribution in [0.1, 0.15) is 5.56 Å². The summed E-state index contributed by atoms with van der Waals surface area (Å²) in [5.74, 6) is 1.03. The number of anilines is 1. The maximum Gasteiger partial charge on any atom is 0.161 e. The monoisotopic (exact) mass is 225 g/mol. The molecule has 5 heteroatoms. The number of nitrogens with zero attached hydrogens (tertiary/aromatic N) is 3. The van der Waals surface area contributed by atoms with Crippen molar-refractivity contribution < 1.29 is 0 Å². The van der Waals surface area contributed by atoms with Gasteiger partial charge in [-0.05, 0) is 24.6 Å². The lowest BCUT2D eigenvalue weighted by Gasteiger charge is -1.97. The van der Waals surface area contributed by atoms with Crippen molar-refractivity contribution in [3.63, 3.8) is 0 Å². The van der Waals surface area contributed by atoms with Gasteiger partial charge < -0.3 is 10.7 Å². The van der Waals surface area contributed by atoms with Crippen molar-refractivity contribution >= 4 is 16.9 Å². The van der Waals surface area contributed by atoms with E-state index in [4.69, 9.17) is 5.73 Å². The molecule has 3 N–H and O–H groups in total. The molecular weight excluding hydrogens is 214 g/mol. The second-order valence-electron chi connectivity index (χ2n) is 3.90. The summed E-state index contributed by atoms with van der Waals surface area (Å²) in [6.07, 6.45) is 3.16. The van der Waals surface area contributed by atoms with E-state index in [-0.39, 0.29) is 0 Å². The first-order valence-corrected chi connectivity index (χ1v) is 5.27. The van der Waals surface area contributed by atoms with Crippen molar-refractivity contribution in [2.45, 2.75) is 6.92 Å². The number of nitrogens with one attached hydrogen (secondary N) is 1. The fourth-order valence-electron chi connectivity index (χ4n) is 1.77. The van der Waals surface area contributed by atoms with E-state index >= 15 is 0 Å². The Morgan fingerprint density at radius 3 is 2.82 bits per heavy atom. The SMILES string of the molecule is Cc1ccc2nc(-c3nccnc3N)[nH]c2c1. The standard InChI is InChI=1S/C12H11N5/c1-7-2-3-8-9(6-7)17-12(16-8)10-11(13)15-5-4-14-10/h2-6H,1H3,(H2,13,15)(H,16,17). The molecule has 0 aliphatic rings. The molecule has 0 saturated heterocycles. The first kappa shape index (κ1) is 9.77. The van der Waals surface area contributed by atoms with Crippen molar-refractivity contribution in [1.82, 2.24) is 19.9 Å². The highest BCUT2D eigenvalue weighted by molar-refractivity contribution is 5.80. The molecule has 0 radical (unpaired) electrons. The van der Waals surface area contributed by atoms with Crippen LogP contribution in [-0.4, -0.2) is 19.9 Å². The number of imidazole rings is 1. The van der Waals surface area contributed by atoms with Gasteiger partial charge in [0.25, 0.3) is 0 Å². The van der Waals surface area contributed by atoms with Crippen LogP contribution in [0.4, 0.5) is 5.82 Å². The van der Waals surface area contributed by atoms with Gasteiger partial charge >= 0.3 is 0 Å². The van der Waals surface area contributed by atoms with Gasteiger partial charge in [-0.2, -0.15) is 0 Å². The van der Waals surface area contributed by atoms with E-state index in [1.807, 2.05) is 25.1 Å². The zero-order valence-corrected chi connectivity index (χ0v) is 9.31. The molecule has 0 spiro atoms. The smallest absolute Gasteiger partial charge is 0.161 e. The molecule has 0 saturated carbocycles. The van der Waals surface area contributed by atoms with Gasteiger partial charge in [0, 0.05) is 12.4 Å². The van der Waals surface area contributed by atoms with Crippen LogP contribution in [0.5, 0.6) is 0 Å². The van der Waals surface area contributed by atoms with E-state index < -0.39 is 0 Å². The number of nitrogens with two attached hydrogens (primary N) is 1. The molecule has 0 bridgehead atoms. The lowest BCUT2D eigenvalue weighted by molar-refractivity contribution is 1.17. The number of aryl methyl sites for hydroxylation is 1. The van der Waals surface area contributed by atoms with E-state index in [2.05, 4.69) is 19.9 Å². The first-order chi connectivity index (χ1) is 8.24. The summed E-state index contributed by atoms with van der Waals surface area (Å²) in [7, 11) is 0. The minimum absolute atomic E-state index is 0.378. The van der Waals surface area contributed by atoms with Gasteiger partial charge in [-0.3, -0.25) is 0 Å². The summed E-state index contributed by atoms with van der Waals surface area (Å²) in [4.78, 5) is 15.8. The fraction of sp³-hybridized carbons (Fsp3) is 0.0833. The minimum atomic E-state index is 0.378. The number of hydrogen-bond donors (Lipinski definition) is 2. The first-order valence-electron chi connectivity index (χ1n) is 5.27. The van der Waals surface area contributed by atoms with Crippen LogP contribution in [0.15, 0.2) is 30.6 Å². The Morgan fingerprint density at radius 1 is 1.18 bits per heavy atom. The number of aromatic nitrogens is 4. The van der Waals surface area contributed by atoms with E-state index in [1.165, 1.54) is 5.56 Å². The summed E-state index contributed by atoms with van der Waals surface area (Å²) in [5.41, 5.74) is 9.41. The zero-order valence-electron chi connectivity index (χ0n) is 9.31. The number of benzene rings is 1. The van der Waals surface area contributed by atoms with Crippen molar-refractivity contribution in [3.05, 3.63) is 36.2 Å². The van der Waals surface area contributed by atoms with Crippen LogP contribution in [-0.2, 0) is 0 Å². The molecule has 2 heterocycles. The maximum atomic E-state index is 5.77. The normalized spacial score (nSPS) is 10.9. The molecule has 1 aromatic carbocycles. The molecule has 0 atom stereocenters. The highest BCUT2D eigenvalue weighted by Crippen LogP contribution is 2.22. The van der Waals surface area contributed by atoms with Gasteiger partial charge in [-0.15, -0.1) is 0 Å². The Hall–Kier alpha value is -2.43. The van der Waals surface area contributed by atoms with Gasteiger partial charge in [0.05, 0.1) is 11.0 Å². The van der Waals surface area contributed by atoms with Gasteiger partial charge in [0.2, 0.25) is 0 Å². The molecule has 0 aliphatic carbocycles. The molecule has 3 aromatic rings. The Kier molecular flexibility index (Phi) is 2.04. The van der Waals surface area contributed by atoms with Crippen LogP contribution in [0.25, 0.3) is 22.6 Å². The summed E-state index contributed by atoms with van der Waals surface area (Å²) in [6, 6.07) is 6.03. The third kappa shape index (κ3) is 1.61. The number of fused-ring (bicyclic) bond motifs is 1. The highest BCUT2D eigenvalue weighted by atomic mass is 15.0. The zero-order chi connectivity index (χ0) is 11.8. The molecule has 0 amide bonds. The minimum Gasteiger partial charge on any atom is -0.382 e. The number of H-pyrrole nitrogens is 1. The lowest BCUT2D eigenvalue weighted by Crippen LogP contribution is -1.96. The van der Waals surface area contributed by atoms with E-state index in [0.29, 0.717) is 17.3 Å². The summed E-state index contributed by atoms with van der Waals surface area (Å²) in [5, 5.41) is 0. The van der Waals surface area contributed by atoms with Gasteiger partial charge in [0.1, 0.15) is 5.69 Å². The van der Waals surface area contributed by atoms with E-state index in [0.717, 1.165) is 11.0 Å². The topological polar surface area (TPSA) is 80.5 Å². The number of hydrogen-bond acceptors (Lipinski definition) is 4. The van der Waals surface area contributed by atoms with E-state index in [1.54, 1.807) is 12.4 Å². The van der Waals surface area contributed by atoms with Crippen LogP contribution < -0.4 is 5.73 Å². The summed E-state index contributed by atoms with van der Waals surface area (Å²) in [6.45, 7) is 2.04. The average molecular weight is 225 g/mol. The largest absolute Gasteiger partial charge is 0.382 e. The third-order valence-electron chi connectivity index (χ3n) is 2.59. The molecule has 0 unspecified atom stereocenters. The van der Waals surface area contributed by atoms with Crippen LogP contribution in [0.2, 0.25) is 0 Å². The van der Waals surface area contributed by atoms with Gasteiger partial charge in [-0.1, -0.05) is 6.07 Å². The molecule has 3 rings (SSSR count). The Labute approximate surface area is 97.7 Å². The Bertz CT molecular complexity index is 686. The van der Waals surface area contributed by atoms with Crippen molar-refractivity contribution in [1.29, 1.82) is 0 Å². The highest BCUT2D eigenvalue weighted by Gasteiger charge is 2.09. The molecule has 84 valence electrons. The van der Waals surface area contributed by atoms with Crippen molar-refractivity contribution in [3.8, 4) is 11.5 Å². The number of rotatable bonds is 1. The van der Waals surface area contributed by atoms with Gasteiger partial charge in [0.15, 0.2) is 11.6 Å². The maximum absolute atomic E-state index is 5.77. The third-order valence-corrected chi connectivity index (χ3v) is 2.59. The molecule has 0 fully saturated rings. The second kappa shape index (κ2) is 3.55. The number of nitrogen functional groups attached to an aromatic ring is 1. The van der Waals surface area contributed by atoms with E-state index in [9.17, 15) is 0 Å². The fourth-order valence-corrected chi connectivity index (χ4v) is 1.77. The molecule has 2 aromatic heterocycles. The van der Waals surface area contributed by atoms with Crippen molar-refractivity contribution in [2.24, 2.45) is 0 Å². The average Bonchev–Trinajstić information content (AvgIpc) is 2.72. The quantitative estimate of drug-likeness (QED) is 0.663. The van der Waals surface area contributed by atoms with Crippen LogP contribution >= 0.6 is 0 Å². The Morgan fingerprint density at radius 2 is 2.00 bits per heavy atom. The number of aromatic amines is 1. The van der Waals surface area contributed by atoms with Crippen LogP contribution in [0, 0.1) is 6.92 Å². The second-order valence-corrected chi connectivity index (χ2v) is 3.90. The predicted octanol–water partition coefficient (Wildman–Crippen LogP) is 1.91. The molecule has 0 aliphatic heterocycles. The Balaban J connectivity index is 2.22. The van der Waals surface area contributed by atoms with Gasteiger partial charge in [-0.25, -0.2) is 15.0 Å². The van der Waals surface area contributed by atoms with Crippen LogP contribution in [0.3, 0.4) is 0 Å². The molecule has 17 heavy (non-hydrogen) atoms. The summed E-state index contributed by atoms with van der Waals surface area (Å²) < 4.78 is 0. The predicted molar refractivity (Wildman–Crippen MR) is 66.3 cm³/mol. The molecular formula is C12H11N5.